The second kappa shape index (κ2) is 7.42. The predicted octanol–water partition coefficient (Wildman–Crippen LogP) is 7.36. The van der Waals surface area contributed by atoms with Crippen LogP contribution >= 0.6 is 0 Å². The highest BCUT2D eigenvalue weighted by atomic mass is 16.3. The highest BCUT2D eigenvalue weighted by Crippen LogP contribution is 2.34. The molecule has 0 aliphatic heterocycles. The molecule has 0 aliphatic carbocycles. The molecule has 37 heavy (non-hydrogen) atoms. The van der Waals surface area contributed by atoms with Crippen LogP contribution in [-0.4, -0.2) is 14.0 Å². The summed E-state index contributed by atoms with van der Waals surface area (Å²) in [5, 5.41) is 2.18. The number of fused-ring (bicyclic) bond motifs is 8. The van der Waals surface area contributed by atoms with Crippen LogP contribution < -0.4 is 5.56 Å². The quantitative estimate of drug-likeness (QED) is 0.261. The Morgan fingerprint density at radius 1 is 0.595 bits per heavy atom. The minimum atomic E-state index is -0.145. The molecule has 0 bridgehead atoms. The molecular formula is C32H19N3O2. The first-order valence-electron chi connectivity index (χ1n) is 12.2. The molecule has 0 amide bonds. The molecular weight excluding hydrogens is 458 g/mol. The van der Waals surface area contributed by atoms with Crippen molar-refractivity contribution in [2.24, 2.45) is 0 Å². The number of para-hydroxylation sites is 4. The van der Waals surface area contributed by atoms with E-state index in [1.807, 2.05) is 89.3 Å². The average Bonchev–Trinajstić information content (AvgIpc) is 3.52. The molecule has 0 unspecified atom stereocenters. The standard InChI is InChI=1S/C32H19N3O2/c36-32-31-33-25-11-5-6-12-26(25)35(31)28-19-21(14-16-27(28)34(32)22-8-2-1-3-9-22)20-15-17-30-24(18-20)23-10-4-7-13-29(23)37-30/h1-19H. The fraction of sp³-hybridized carbons (Fsp3) is 0. The van der Waals surface area contributed by atoms with Crippen molar-refractivity contribution in [3.63, 3.8) is 0 Å². The first kappa shape index (κ1) is 20.1. The fourth-order valence-electron chi connectivity index (χ4n) is 5.43. The van der Waals surface area contributed by atoms with Crippen molar-refractivity contribution in [1.82, 2.24) is 14.0 Å². The Labute approximate surface area is 210 Å². The second-order valence-corrected chi connectivity index (χ2v) is 9.25. The van der Waals surface area contributed by atoms with E-state index in [0.717, 1.165) is 60.8 Å². The van der Waals surface area contributed by atoms with Crippen LogP contribution in [0.3, 0.4) is 0 Å². The van der Waals surface area contributed by atoms with E-state index < -0.39 is 0 Å². The summed E-state index contributed by atoms with van der Waals surface area (Å²) in [4.78, 5) is 18.5. The molecule has 5 aromatic carbocycles. The van der Waals surface area contributed by atoms with E-state index in [-0.39, 0.29) is 5.56 Å². The molecule has 0 spiro atoms. The second-order valence-electron chi connectivity index (χ2n) is 9.25. The molecule has 5 heteroatoms. The molecule has 3 aromatic heterocycles. The van der Waals surface area contributed by atoms with Gasteiger partial charge in [-0.25, -0.2) is 4.98 Å². The number of hydrogen-bond acceptors (Lipinski definition) is 3. The minimum absolute atomic E-state index is 0.145. The molecule has 0 saturated heterocycles. The molecule has 8 rings (SSSR count). The summed E-state index contributed by atoms with van der Waals surface area (Å²) in [6.45, 7) is 0. The van der Waals surface area contributed by atoms with Crippen LogP contribution in [0.2, 0.25) is 0 Å². The fourth-order valence-corrected chi connectivity index (χ4v) is 5.43. The van der Waals surface area contributed by atoms with Gasteiger partial charge in [0.15, 0.2) is 0 Å². The summed E-state index contributed by atoms with van der Waals surface area (Å²) < 4.78 is 9.78. The third kappa shape index (κ3) is 2.85. The highest BCUT2D eigenvalue weighted by Gasteiger charge is 2.17. The van der Waals surface area contributed by atoms with Crippen molar-refractivity contribution >= 4 is 49.7 Å². The Hall–Kier alpha value is -5.16. The average molecular weight is 478 g/mol. The van der Waals surface area contributed by atoms with Gasteiger partial charge < -0.3 is 4.42 Å². The monoisotopic (exact) mass is 477 g/mol. The number of rotatable bonds is 2. The van der Waals surface area contributed by atoms with Gasteiger partial charge in [0.05, 0.1) is 22.1 Å². The zero-order valence-corrected chi connectivity index (χ0v) is 19.6. The van der Waals surface area contributed by atoms with Crippen LogP contribution in [0, 0.1) is 0 Å². The maximum atomic E-state index is 13.8. The molecule has 0 fully saturated rings. The largest absolute Gasteiger partial charge is 0.456 e. The van der Waals surface area contributed by atoms with Gasteiger partial charge in [-0.05, 0) is 65.7 Å². The van der Waals surface area contributed by atoms with E-state index in [9.17, 15) is 4.79 Å². The normalized spacial score (nSPS) is 11.9. The van der Waals surface area contributed by atoms with Crippen molar-refractivity contribution in [1.29, 1.82) is 0 Å². The lowest BCUT2D eigenvalue weighted by Crippen LogP contribution is -2.21. The van der Waals surface area contributed by atoms with Gasteiger partial charge in [0.25, 0.3) is 5.56 Å². The van der Waals surface area contributed by atoms with Gasteiger partial charge in [-0.2, -0.15) is 0 Å². The number of imidazole rings is 1. The van der Waals surface area contributed by atoms with Gasteiger partial charge in [0.2, 0.25) is 5.65 Å². The summed E-state index contributed by atoms with van der Waals surface area (Å²) >= 11 is 0. The Balaban J connectivity index is 1.47. The number of aromatic nitrogens is 3. The molecule has 8 aromatic rings. The number of hydrogen-bond donors (Lipinski definition) is 0. The summed E-state index contributed by atoms with van der Waals surface area (Å²) in [6.07, 6.45) is 0. The molecule has 0 radical (unpaired) electrons. The molecule has 3 heterocycles. The maximum absolute atomic E-state index is 13.8. The predicted molar refractivity (Wildman–Crippen MR) is 149 cm³/mol. The van der Waals surface area contributed by atoms with Gasteiger partial charge in [-0.15, -0.1) is 0 Å². The maximum Gasteiger partial charge on any atom is 0.299 e. The smallest absolute Gasteiger partial charge is 0.299 e. The van der Waals surface area contributed by atoms with Gasteiger partial charge in [-0.3, -0.25) is 13.8 Å². The van der Waals surface area contributed by atoms with Gasteiger partial charge in [0, 0.05) is 16.5 Å². The van der Waals surface area contributed by atoms with E-state index >= 15 is 0 Å². The van der Waals surface area contributed by atoms with Crippen molar-refractivity contribution in [2.45, 2.75) is 0 Å². The van der Waals surface area contributed by atoms with E-state index in [1.165, 1.54) is 0 Å². The van der Waals surface area contributed by atoms with Crippen molar-refractivity contribution in [3.05, 3.63) is 126 Å². The number of furan rings is 1. The Morgan fingerprint density at radius 2 is 1.32 bits per heavy atom. The lowest BCUT2D eigenvalue weighted by Gasteiger charge is -2.14. The molecule has 0 atom stereocenters. The minimum Gasteiger partial charge on any atom is -0.456 e. The first-order valence-corrected chi connectivity index (χ1v) is 12.2. The third-order valence-corrected chi connectivity index (χ3v) is 7.14. The summed E-state index contributed by atoms with van der Waals surface area (Å²) in [7, 11) is 0. The van der Waals surface area contributed by atoms with Crippen LogP contribution in [0.5, 0.6) is 0 Å². The Bertz CT molecular complexity index is 2220. The summed E-state index contributed by atoms with van der Waals surface area (Å²) in [5.74, 6) is 0. The van der Waals surface area contributed by atoms with Crippen LogP contribution in [0.25, 0.3) is 66.5 Å². The van der Waals surface area contributed by atoms with Crippen LogP contribution in [0.1, 0.15) is 0 Å². The van der Waals surface area contributed by atoms with Crippen molar-refractivity contribution in [3.8, 4) is 16.8 Å². The van der Waals surface area contributed by atoms with Crippen LogP contribution in [-0.2, 0) is 0 Å². The number of nitrogens with zero attached hydrogens (tertiary/aromatic N) is 3. The van der Waals surface area contributed by atoms with Gasteiger partial charge in [-0.1, -0.05) is 60.7 Å². The van der Waals surface area contributed by atoms with Crippen molar-refractivity contribution in [2.75, 3.05) is 0 Å². The van der Waals surface area contributed by atoms with E-state index in [0.29, 0.717) is 5.65 Å². The number of benzene rings is 5. The topological polar surface area (TPSA) is 52.4 Å². The third-order valence-electron chi connectivity index (χ3n) is 7.14. The van der Waals surface area contributed by atoms with Gasteiger partial charge in [0.1, 0.15) is 11.2 Å². The molecule has 0 aliphatic rings. The molecule has 0 N–H and O–H groups in total. The SMILES string of the molecule is O=c1c2nc3ccccc3n2c2cc(-c3ccc4oc5ccccc5c4c3)ccc2n1-c1ccccc1. The van der Waals surface area contributed by atoms with Crippen LogP contribution in [0.15, 0.2) is 124 Å². The summed E-state index contributed by atoms with van der Waals surface area (Å²) in [6, 6.07) is 38.3. The van der Waals surface area contributed by atoms with E-state index in [4.69, 9.17) is 9.40 Å². The Kier molecular flexibility index (Phi) is 4.03. The highest BCUT2D eigenvalue weighted by molar-refractivity contribution is 6.06. The van der Waals surface area contributed by atoms with E-state index in [1.54, 1.807) is 4.57 Å². The Morgan fingerprint density at radius 3 is 2.24 bits per heavy atom. The van der Waals surface area contributed by atoms with Crippen molar-refractivity contribution < 1.29 is 4.42 Å². The van der Waals surface area contributed by atoms with Gasteiger partial charge >= 0.3 is 0 Å². The van der Waals surface area contributed by atoms with Crippen LogP contribution in [0.4, 0.5) is 0 Å². The lowest BCUT2D eigenvalue weighted by atomic mass is 10.0. The zero-order chi connectivity index (χ0) is 24.5. The molecule has 0 saturated carbocycles. The zero-order valence-electron chi connectivity index (χ0n) is 19.6. The first-order chi connectivity index (χ1) is 18.3. The molecule has 5 nitrogen and oxygen atoms in total. The molecule has 174 valence electrons. The summed E-state index contributed by atoms with van der Waals surface area (Å²) in [5.41, 5.74) is 8.40. The van der Waals surface area contributed by atoms with E-state index in [2.05, 4.69) is 30.3 Å². The lowest BCUT2D eigenvalue weighted by molar-refractivity contribution is 0.669.